The molecule has 0 fully saturated rings. The van der Waals surface area contributed by atoms with Crippen molar-refractivity contribution < 1.29 is 0 Å². The van der Waals surface area contributed by atoms with Crippen molar-refractivity contribution in [2.24, 2.45) is 0 Å². The van der Waals surface area contributed by atoms with Crippen LogP contribution in [0.5, 0.6) is 0 Å². The zero-order chi connectivity index (χ0) is 14.8. The van der Waals surface area contributed by atoms with Gasteiger partial charge in [-0.2, -0.15) is 0 Å². The Kier molecular flexibility index (Phi) is 5.06. The van der Waals surface area contributed by atoms with Crippen LogP contribution in [-0.4, -0.2) is 0 Å². The predicted octanol–water partition coefficient (Wildman–Crippen LogP) is 6.43. The number of allylic oxidation sites excluding steroid dienone is 1. The highest BCUT2D eigenvalue weighted by Crippen LogP contribution is 2.33. The third-order valence-corrected chi connectivity index (χ3v) is 4.10. The third kappa shape index (κ3) is 4.21. The molecule has 0 nitrogen and oxygen atoms in total. The lowest BCUT2D eigenvalue weighted by molar-refractivity contribution is 0.568. The van der Waals surface area contributed by atoms with Gasteiger partial charge in [0.25, 0.3) is 0 Å². The van der Waals surface area contributed by atoms with Gasteiger partial charge in [-0.1, -0.05) is 82.6 Å². The van der Waals surface area contributed by atoms with E-state index in [-0.39, 0.29) is 10.8 Å². The summed E-state index contributed by atoms with van der Waals surface area (Å²) in [5.41, 5.74) is 5.89. The minimum absolute atomic E-state index is 0.182. The van der Waals surface area contributed by atoms with Crippen molar-refractivity contribution in [1.82, 2.24) is 0 Å². The van der Waals surface area contributed by atoms with Crippen molar-refractivity contribution in [2.45, 2.75) is 65.7 Å². The van der Waals surface area contributed by atoms with Gasteiger partial charge < -0.3 is 0 Å². The fraction of sp³-hybridized carbons (Fsp3) is 0.556. The van der Waals surface area contributed by atoms with Gasteiger partial charge in [0.15, 0.2) is 0 Å². The molecule has 19 heavy (non-hydrogen) atoms. The lowest BCUT2D eigenvalue weighted by atomic mass is 9.79. The Labute approximate surface area is 127 Å². The van der Waals surface area contributed by atoms with Crippen LogP contribution in [0.25, 0.3) is 5.57 Å². The van der Waals surface area contributed by atoms with Crippen molar-refractivity contribution >= 4 is 21.5 Å². The smallest absolute Gasteiger partial charge is 0.0132 e. The van der Waals surface area contributed by atoms with Gasteiger partial charge in [0, 0.05) is 0 Å². The highest BCUT2D eigenvalue weighted by Gasteiger charge is 2.20. The molecule has 0 saturated heterocycles. The topological polar surface area (TPSA) is 0 Å². The summed E-state index contributed by atoms with van der Waals surface area (Å²) in [4.78, 5) is 2.06. The zero-order valence-electron chi connectivity index (χ0n) is 13.4. The number of halogens is 1. The summed E-state index contributed by atoms with van der Waals surface area (Å²) < 4.78 is 0. The van der Waals surface area contributed by atoms with E-state index in [2.05, 4.69) is 87.6 Å². The molecule has 0 amide bonds. The van der Waals surface area contributed by atoms with E-state index in [0.29, 0.717) is 0 Å². The first-order valence-electron chi connectivity index (χ1n) is 7.05. The molecule has 1 rings (SSSR count). The average molecular weight is 323 g/mol. The molecule has 0 heterocycles. The highest BCUT2D eigenvalue weighted by molar-refractivity contribution is 9.11. The van der Waals surface area contributed by atoms with E-state index in [1.54, 1.807) is 0 Å². The Morgan fingerprint density at radius 2 is 1.37 bits per heavy atom. The molecule has 0 aliphatic heterocycles. The molecule has 1 aromatic carbocycles. The fourth-order valence-electron chi connectivity index (χ4n) is 2.02. The molecule has 0 atom stereocenters. The highest BCUT2D eigenvalue weighted by atomic mass is 79.9. The summed E-state index contributed by atoms with van der Waals surface area (Å²) in [7, 11) is 0. The summed E-state index contributed by atoms with van der Waals surface area (Å²) in [6, 6.07) is 7.04. The van der Waals surface area contributed by atoms with E-state index in [1.807, 2.05) is 0 Å². The molecule has 0 N–H and O–H groups in total. The van der Waals surface area contributed by atoms with Crippen LogP contribution < -0.4 is 0 Å². The Morgan fingerprint density at radius 1 is 0.947 bits per heavy atom. The van der Waals surface area contributed by atoms with E-state index in [4.69, 9.17) is 0 Å². The summed E-state index contributed by atoms with van der Waals surface area (Å²) in [5.74, 6) is 0. The molecule has 1 aromatic rings. The van der Waals surface area contributed by atoms with Crippen molar-refractivity contribution in [3.63, 3.8) is 0 Å². The molecular formula is C18H27Br. The summed E-state index contributed by atoms with van der Waals surface area (Å²) >= 11 is 3.50. The number of rotatable bonds is 2. The quantitative estimate of drug-likeness (QED) is 0.588. The number of hydrogen-bond acceptors (Lipinski definition) is 0. The first-order valence-corrected chi connectivity index (χ1v) is 7.97. The summed E-state index contributed by atoms with van der Waals surface area (Å²) in [6.45, 7) is 15.9. The molecular weight excluding hydrogens is 296 g/mol. The average Bonchev–Trinajstić information content (AvgIpc) is 2.28. The minimum Gasteiger partial charge on any atom is -0.0613 e. The number of hydrogen-bond donors (Lipinski definition) is 0. The molecule has 106 valence electrons. The third-order valence-electron chi connectivity index (χ3n) is 3.55. The largest absolute Gasteiger partial charge is 0.0613 e. The Hall–Kier alpha value is -0.560. The second kappa shape index (κ2) is 5.83. The maximum atomic E-state index is 3.50. The van der Waals surface area contributed by atoms with Crippen molar-refractivity contribution in [3.05, 3.63) is 39.9 Å². The second-order valence-corrected chi connectivity index (χ2v) is 7.74. The van der Waals surface area contributed by atoms with Gasteiger partial charge in [-0.25, -0.2) is 0 Å². The van der Waals surface area contributed by atoms with Crippen LogP contribution in [0.2, 0.25) is 0 Å². The van der Waals surface area contributed by atoms with Crippen molar-refractivity contribution in [1.29, 1.82) is 0 Å². The molecule has 0 radical (unpaired) electrons. The van der Waals surface area contributed by atoms with Gasteiger partial charge in [0.05, 0.1) is 0 Å². The fourth-order valence-corrected chi connectivity index (χ4v) is 2.61. The lowest BCUT2D eigenvalue weighted by Crippen LogP contribution is -2.17. The maximum Gasteiger partial charge on any atom is -0.0132 e. The monoisotopic (exact) mass is 322 g/mol. The van der Waals surface area contributed by atoms with Crippen LogP contribution in [0.1, 0.15) is 71.6 Å². The normalized spacial score (nSPS) is 13.8. The second-order valence-electron chi connectivity index (χ2n) is 7.29. The van der Waals surface area contributed by atoms with Gasteiger partial charge in [0.1, 0.15) is 0 Å². The van der Waals surface area contributed by atoms with Gasteiger partial charge in [0.2, 0.25) is 0 Å². The van der Waals surface area contributed by atoms with Gasteiger partial charge >= 0.3 is 0 Å². The zero-order valence-corrected chi connectivity index (χ0v) is 15.0. The van der Waals surface area contributed by atoms with E-state index < -0.39 is 0 Å². The van der Waals surface area contributed by atoms with Crippen LogP contribution in [0.3, 0.4) is 0 Å². The molecule has 0 aliphatic carbocycles. The van der Waals surface area contributed by atoms with E-state index in [1.165, 1.54) is 22.3 Å². The molecule has 0 aromatic heterocycles. The maximum absolute atomic E-state index is 3.50. The minimum atomic E-state index is 0.182. The first kappa shape index (κ1) is 16.5. The summed E-state index contributed by atoms with van der Waals surface area (Å²) in [6.07, 6.45) is 1.04. The number of benzene rings is 1. The molecule has 0 spiro atoms. The van der Waals surface area contributed by atoms with Crippen molar-refractivity contribution in [2.75, 3.05) is 0 Å². The van der Waals surface area contributed by atoms with Crippen molar-refractivity contribution in [3.8, 4) is 0 Å². The Balaban J connectivity index is 3.50. The van der Waals surface area contributed by atoms with Crippen LogP contribution in [0, 0.1) is 0 Å². The standard InChI is InChI=1S/C18H27Br/c1-8-13(12-19)14-9-15(17(2,3)4)11-16(10-14)18(5,6)7/h9-12H,8H2,1-7H3. The SMILES string of the molecule is CCC(=CBr)c1cc(C(C)(C)C)cc(C(C)(C)C)c1. The molecule has 1 heteroatoms. The van der Waals surface area contributed by atoms with Gasteiger partial charge in [-0.15, -0.1) is 0 Å². The first-order chi connectivity index (χ1) is 8.59. The molecule has 0 unspecified atom stereocenters. The Morgan fingerprint density at radius 3 is 1.63 bits per heavy atom. The van der Waals surface area contributed by atoms with Gasteiger partial charge in [-0.05, 0) is 44.5 Å². The van der Waals surface area contributed by atoms with Crippen LogP contribution in [0.4, 0.5) is 0 Å². The summed E-state index contributed by atoms with van der Waals surface area (Å²) in [5, 5.41) is 0. The van der Waals surface area contributed by atoms with Crippen LogP contribution in [-0.2, 0) is 10.8 Å². The Bertz CT molecular complexity index is 435. The lowest BCUT2D eigenvalue weighted by Gasteiger charge is -2.26. The van der Waals surface area contributed by atoms with Gasteiger partial charge in [-0.3, -0.25) is 0 Å². The molecule has 0 bridgehead atoms. The van der Waals surface area contributed by atoms with Crippen LogP contribution >= 0.6 is 15.9 Å². The van der Waals surface area contributed by atoms with E-state index >= 15 is 0 Å². The van der Waals surface area contributed by atoms with E-state index in [0.717, 1.165) is 6.42 Å². The predicted molar refractivity (Wildman–Crippen MR) is 91.0 cm³/mol. The van der Waals surface area contributed by atoms with E-state index in [9.17, 15) is 0 Å². The molecule has 0 saturated carbocycles. The molecule has 0 aliphatic rings. The van der Waals surface area contributed by atoms with Crippen LogP contribution in [0.15, 0.2) is 23.2 Å².